The Balaban J connectivity index is 5.23. The molecule has 540 valence electrons. The van der Waals surface area contributed by atoms with Crippen LogP contribution in [0.15, 0.2) is 0 Å². The monoisotopic (exact) mass is 1340 g/mol. The van der Waals surface area contributed by atoms with Crippen molar-refractivity contribution in [3.8, 4) is 0 Å². The molecule has 3 unspecified atom stereocenters. The number of unbranched alkanes of at least 4 members (excludes halogenated alkanes) is 43. The molecule has 0 rings (SSSR count). The van der Waals surface area contributed by atoms with Crippen LogP contribution in [0, 0.1) is 5.92 Å². The van der Waals surface area contributed by atoms with Gasteiger partial charge in [-0.25, -0.2) is 9.13 Å². The molecular weight excluding hydrogens is 1200 g/mol. The van der Waals surface area contributed by atoms with Gasteiger partial charge in [-0.05, 0) is 31.6 Å². The van der Waals surface area contributed by atoms with E-state index in [-0.39, 0.29) is 25.7 Å². The Morgan fingerprint density at radius 2 is 0.527 bits per heavy atom. The maximum absolute atomic E-state index is 13.0. The van der Waals surface area contributed by atoms with Crippen LogP contribution >= 0.6 is 15.6 Å². The minimum Gasteiger partial charge on any atom is -0.462 e. The van der Waals surface area contributed by atoms with Crippen LogP contribution in [0.1, 0.15) is 375 Å². The second-order valence-electron chi connectivity index (χ2n) is 26.2. The van der Waals surface area contributed by atoms with Gasteiger partial charge in [0.2, 0.25) is 0 Å². The van der Waals surface area contributed by atoms with E-state index in [1.165, 1.54) is 199 Å². The standard InChI is InChI=1S/C72H140O17P2/c1-6-10-13-16-19-22-25-27-29-30-31-33-35-38-41-47-52-57-71(76)88-67(61-82-70(75)56-51-46-40-37-34-32-28-26-23-20-17-14-11-7-2)63-86-90(78,79)84-59-66(73)60-85-91(80,81)87-64-68(89-72(77)58-53-48-43-42-44-49-54-65(5)9-4)62-83-69(74)55-50-45-39-36-24-21-18-15-12-8-3/h65-68,73H,6-64H2,1-5H3,(H,78,79)(H,80,81)/t65?,66-,67-,68-/m1/s1. The molecule has 0 aromatic carbocycles. The summed E-state index contributed by atoms with van der Waals surface area (Å²) in [7, 11) is -9.90. The summed E-state index contributed by atoms with van der Waals surface area (Å²) in [6.45, 7) is 7.21. The van der Waals surface area contributed by atoms with E-state index in [1.807, 2.05) is 0 Å². The summed E-state index contributed by atoms with van der Waals surface area (Å²) in [6.07, 6.45) is 52.7. The van der Waals surface area contributed by atoms with Crippen LogP contribution in [0.2, 0.25) is 0 Å². The van der Waals surface area contributed by atoms with E-state index in [0.717, 1.165) is 95.8 Å². The Kier molecular flexibility index (Phi) is 64.0. The average Bonchev–Trinajstić information content (AvgIpc) is 3.74. The van der Waals surface area contributed by atoms with E-state index in [4.69, 9.17) is 37.0 Å². The molecule has 6 atom stereocenters. The number of aliphatic hydroxyl groups excluding tert-OH is 1. The predicted molar refractivity (Wildman–Crippen MR) is 368 cm³/mol. The van der Waals surface area contributed by atoms with Gasteiger partial charge in [0, 0.05) is 25.7 Å². The summed E-state index contributed by atoms with van der Waals surface area (Å²) in [5, 5.41) is 10.6. The van der Waals surface area contributed by atoms with Gasteiger partial charge in [-0.2, -0.15) is 0 Å². The molecule has 0 aliphatic carbocycles. The van der Waals surface area contributed by atoms with E-state index in [0.29, 0.717) is 25.7 Å². The summed E-state index contributed by atoms with van der Waals surface area (Å²) >= 11 is 0. The molecule has 0 aliphatic heterocycles. The predicted octanol–water partition coefficient (Wildman–Crippen LogP) is 20.9. The van der Waals surface area contributed by atoms with E-state index in [1.54, 1.807) is 0 Å². The highest BCUT2D eigenvalue weighted by Crippen LogP contribution is 2.45. The first-order chi connectivity index (χ1) is 44.1. The molecule has 3 N–H and O–H groups in total. The first-order valence-corrected chi connectivity index (χ1v) is 40.7. The van der Waals surface area contributed by atoms with Crippen molar-refractivity contribution in [3.05, 3.63) is 0 Å². The highest BCUT2D eigenvalue weighted by molar-refractivity contribution is 7.47. The first kappa shape index (κ1) is 89.1. The van der Waals surface area contributed by atoms with E-state index >= 15 is 0 Å². The topological polar surface area (TPSA) is 237 Å². The molecule has 0 aromatic heterocycles. The fraction of sp³-hybridized carbons (Fsp3) is 0.944. The maximum atomic E-state index is 13.0. The van der Waals surface area contributed by atoms with Gasteiger partial charge in [-0.3, -0.25) is 37.3 Å². The molecule has 0 saturated heterocycles. The van der Waals surface area contributed by atoms with Gasteiger partial charge in [-0.1, -0.05) is 324 Å². The molecule has 0 heterocycles. The van der Waals surface area contributed by atoms with Crippen LogP contribution < -0.4 is 0 Å². The number of hydrogen-bond acceptors (Lipinski definition) is 15. The van der Waals surface area contributed by atoms with E-state index in [2.05, 4.69) is 34.6 Å². The molecule has 0 radical (unpaired) electrons. The van der Waals surface area contributed by atoms with Gasteiger partial charge in [0.1, 0.15) is 19.3 Å². The molecule has 0 amide bonds. The normalized spacial score (nSPS) is 14.3. The van der Waals surface area contributed by atoms with Gasteiger partial charge in [0.05, 0.1) is 26.4 Å². The lowest BCUT2D eigenvalue weighted by atomic mass is 10.00. The number of ether oxygens (including phenoxy) is 4. The molecule has 0 aromatic rings. The largest absolute Gasteiger partial charge is 0.472 e. The van der Waals surface area contributed by atoms with Crippen LogP contribution in [0.3, 0.4) is 0 Å². The highest BCUT2D eigenvalue weighted by atomic mass is 31.2. The summed E-state index contributed by atoms with van der Waals surface area (Å²) in [6, 6.07) is 0. The molecule has 0 spiro atoms. The highest BCUT2D eigenvalue weighted by Gasteiger charge is 2.30. The second-order valence-corrected chi connectivity index (χ2v) is 29.1. The molecule has 91 heavy (non-hydrogen) atoms. The molecule has 0 fully saturated rings. The molecule has 17 nitrogen and oxygen atoms in total. The third-order valence-corrected chi connectivity index (χ3v) is 19.0. The van der Waals surface area contributed by atoms with Gasteiger partial charge >= 0.3 is 39.5 Å². The molecule has 0 aliphatic rings. The van der Waals surface area contributed by atoms with Crippen molar-refractivity contribution in [2.75, 3.05) is 39.6 Å². The fourth-order valence-corrected chi connectivity index (χ4v) is 12.5. The number of phosphoric ester groups is 2. The van der Waals surface area contributed by atoms with E-state index < -0.39 is 97.5 Å². The van der Waals surface area contributed by atoms with Crippen molar-refractivity contribution in [2.24, 2.45) is 5.92 Å². The van der Waals surface area contributed by atoms with Gasteiger partial charge in [0.15, 0.2) is 12.2 Å². The Hall–Kier alpha value is -1.94. The van der Waals surface area contributed by atoms with Crippen molar-refractivity contribution in [3.63, 3.8) is 0 Å². The van der Waals surface area contributed by atoms with Crippen LogP contribution in [0.25, 0.3) is 0 Å². The lowest BCUT2D eigenvalue weighted by molar-refractivity contribution is -0.161. The van der Waals surface area contributed by atoms with Crippen molar-refractivity contribution in [1.82, 2.24) is 0 Å². The third-order valence-electron chi connectivity index (χ3n) is 17.1. The smallest absolute Gasteiger partial charge is 0.462 e. The summed E-state index contributed by atoms with van der Waals surface area (Å²) in [5.41, 5.74) is 0. The molecule has 0 saturated carbocycles. The zero-order valence-corrected chi connectivity index (χ0v) is 60.8. The number of hydrogen-bond donors (Lipinski definition) is 3. The number of rotatable bonds is 72. The van der Waals surface area contributed by atoms with E-state index in [9.17, 15) is 43.2 Å². The van der Waals surface area contributed by atoms with Crippen molar-refractivity contribution < 1.29 is 80.2 Å². The average molecular weight is 1340 g/mol. The van der Waals surface area contributed by atoms with Crippen molar-refractivity contribution in [2.45, 2.75) is 393 Å². The lowest BCUT2D eigenvalue weighted by Crippen LogP contribution is -2.30. The van der Waals surface area contributed by atoms with Crippen LogP contribution in [-0.4, -0.2) is 96.7 Å². The maximum Gasteiger partial charge on any atom is 0.472 e. The number of carbonyl (C=O) groups is 4. The Labute approximate surface area is 556 Å². The van der Waals surface area contributed by atoms with Crippen LogP contribution in [0.5, 0.6) is 0 Å². The second kappa shape index (κ2) is 65.4. The molecule has 19 heteroatoms. The van der Waals surface area contributed by atoms with Gasteiger partial charge < -0.3 is 33.8 Å². The minimum atomic E-state index is -4.95. The first-order valence-electron chi connectivity index (χ1n) is 37.7. The Morgan fingerprint density at radius 1 is 0.308 bits per heavy atom. The number of esters is 4. The third kappa shape index (κ3) is 65.1. The van der Waals surface area contributed by atoms with Crippen molar-refractivity contribution in [1.29, 1.82) is 0 Å². The number of carbonyl (C=O) groups excluding carboxylic acids is 4. The summed E-state index contributed by atoms with van der Waals surface area (Å²) in [5.74, 6) is -1.40. The Bertz CT molecular complexity index is 1760. The zero-order chi connectivity index (χ0) is 67.0. The molecule has 0 bridgehead atoms. The Morgan fingerprint density at radius 3 is 0.780 bits per heavy atom. The van der Waals surface area contributed by atoms with Crippen LogP contribution in [0.4, 0.5) is 0 Å². The summed E-state index contributed by atoms with van der Waals surface area (Å²) < 4.78 is 68.3. The fourth-order valence-electron chi connectivity index (χ4n) is 11.0. The lowest BCUT2D eigenvalue weighted by Gasteiger charge is -2.21. The van der Waals surface area contributed by atoms with Gasteiger partial charge in [-0.15, -0.1) is 0 Å². The SMILES string of the molecule is CCCCCCCCCCCCCCCCCCCC(=O)O[C@H](COC(=O)CCCCCCCCCCCCCCCC)COP(=O)(O)OC[C@@H](O)COP(=O)(O)OC[C@@H](COC(=O)CCCCCCCCCCCC)OC(=O)CCCCCCCCC(C)CC. The summed E-state index contributed by atoms with van der Waals surface area (Å²) in [4.78, 5) is 72.6. The molecular formula is C72H140O17P2. The zero-order valence-electron chi connectivity index (χ0n) is 59.0. The number of phosphoric acid groups is 2. The number of aliphatic hydroxyl groups is 1. The van der Waals surface area contributed by atoms with Crippen LogP contribution in [-0.2, 0) is 65.4 Å². The minimum absolute atomic E-state index is 0.103. The van der Waals surface area contributed by atoms with Crippen molar-refractivity contribution >= 4 is 39.5 Å². The quantitative estimate of drug-likeness (QED) is 0.0222. The van der Waals surface area contributed by atoms with Gasteiger partial charge in [0.25, 0.3) is 0 Å².